The first kappa shape index (κ1) is 66.2. The zero-order valence-electron chi connectivity index (χ0n) is 61.9. The molecule has 5 nitrogen and oxygen atoms in total. The van der Waals surface area contributed by atoms with Crippen molar-refractivity contribution in [2.75, 3.05) is 9.80 Å². The lowest BCUT2D eigenvalue weighted by molar-refractivity contribution is 0.669. The van der Waals surface area contributed by atoms with Crippen LogP contribution in [0.1, 0.15) is 0 Å². The van der Waals surface area contributed by atoms with Crippen LogP contribution in [-0.2, 0) is 0 Å². The van der Waals surface area contributed by atoms with Crippen molar-refractivity contribution in [2.24, 2.45) is 0 Å². The number of nitrogens with zero attached hydrogens (tertiary/aromatic N) is 3. The molecule has 22 aromatic rings. The van der Waals surface area contributed by atoms with Crippen LogP contribution in [-0.4, -0.2) is 4.57 Å². The molecule has 18 aromatic carbocycles. The van der Waals surface area contributed by atoms with Crippen LogP contribution in [0.4, 0.5) is 34.1 Å². The van der Waals surface area contributed by atoms with Gasteiger partial charge in [-0.25, -0.2) is 0 Å². The molecule has 0 atom stereocenters. The molecule has 4 aromatic heterocycles. The first-order valence-corrected chi connectivity index (χ1v) is 39.6. The maximum absolute atomic E-state index is 6.92. The molecule has 0 saturated heterocycles. The molecule has 534 valence electrons. The third kappa shape index (κ3) is 11.6. The molecule has 0 saturated carbocycles. The Bertz CT molecular complexity index is 7330. The fraction of sp³-hybridized carbons (Fsp3) is 0. The van der Waals surface area contributed by atoms with Gasteiger partial charge in [-0.15, -0.1) is 11.3 Å². The predicted octanol–water partition coefficient (Wildman–Crippen LogP) is 31.2. The molecule has 0 aliphatic rings. The molecule has 0 radical (unpaired) electrons. The Balaban J connectivity index is 0.566. The van der Waals surface area contributed by atoms with Crippen LogP contribution in [0.3, 0.4) is 0 Å². The normalized spacial score (nSPS) is 11.7. The maximum Gasteiger partial charge on any atom is 0.143 e. The van der Waals surface area contributed by atoms with Gasteiger partial charge in [0.25, 0.3) is 0 Å². The largest absolute Gasteiger partial charge is 0.455 e. The van der Waals surface area contributed by atoms with E-state index < -0.39 is 0 Å². The average molecular weight is 1470 g/mol. The SMILES string of the molecule is c1ccc(-c2ccc(-c3ccc(N(c4ccc(-c5cccc6c5oc5ccc(-c7ccc8c(c7)sc7c(-n9c%10ccccc%10c%10cc(-c%11ccc(N(c%12ccc(-c%13ccccc%13)cc%12)c%12ccc(-c%13ccccc%13)cc%12)cc%11)ccc%109)cccc78)cc56)cc4)c4cccc(-c5cccc6c5oc5ccccc56)c4)cc3)cc2)cc1. The predicted molar refractivity (Wildman–Crippen MR) is 481 cm³/mol. The van der Waals surface area contributed by atoms with Crippen molar-refractivity contribution < 1.29 is 8.83 Å². The van der Waals surface area contributed by atoms with Crippen molar-refractivity contribution in [3.05, 3.63) is 419 Å². The topological polar surface area (TPSA) is 37.7 Å². The molecule has 0 bridgehead atoms. The highest BCUT2D eigenvalue weighted by molar-refractivity contribution is 7.26. The van der Waals surface area contributed by atoms with E-state index in [0.717, 1.165) is 128 Å². The summed E-state index contributed by atoms with van der Waals surface area (Å²) < 4.78 is 18.5. The summed E-state index contributed by atoms with van der Waals surface area (Å²) >= 11 is 1.87. The van der Waals surface area contributed by atoms with E-state index in [4.69, 9.17) is 8.83 Å². The van der Waals surface area contributed by atoms with Gasteiger partial charge in [-0.2, -0.15) is 0 Å². The van der Waals surface area contributed by atoms with E-state index in [0.29, 0.717) is 0 Å². The second-order valence-electron chi connectivity index (χ2n) is 29.5. The van der Waals surface area contributed by atoms with Gasteiger partial charge in [0, 0.05) is 93.0 Å². The number of aromatic nitrogens is 1. The summed E-state index contributed by atoms with van der Waals surface area (Å²) in [7, 11) is 0. The molecule has 4 heterocycles. The van der Waals surface area contributed by atoms with Gasteiger partial charge in [0.05, 0.1) is 21.4 Å². The summed E-state index contributed by atoms with van der Waals surface area (Å²) in [6, 6.07) is 152. The van der Waals surface area contributed by atoms with Gasteiger partial charge in [-0.1, -0.05) is 297 Å². The van der Waals surface area contributed by atoms with E-state index in [1.807, 2.05) is 23.5 Å². The van der Waals surface area contributed by atoms with Gasteiger partial charge in [-0.3, -0.25) is 0 Å². The quantitative estimate of drug-likeness (QED) is 0.103. The van der Waals surface area contributed by atoms with Crippen LogP contribution in [0.25, 0.3) is 181 Å². The minimum atomic E-state index is 0.854. The van der Waals surface area contributed by atoms with E-state index in [1.54, 1.807) is 0 Å². The van der Waals surface area contributed by atoms with Crippen molar-refractivity contribution in [1.82, 2.24) is 4.57 Å². The number of rotatable bonds is 15. The highest BCUT2D eigenvalue weighted by Gasteiger charge is 2.23. The molecule has 6 heteroatoms. The molecular formula is C108H69N3O2S. The summed E-state index contributed by atoms with van der Waals surface area (Å²) in [6.07, 6.45) is 0. The third-order valence-corrected chi connectivity index (χ3v) is 24.0. The van der Waals surface area contributed by atoms with Crippen LogP contribution in [0.15, 0.2) is 427 Å². The first-order chi connectivity index (χ1) is 56.5. The standard InChI is InChI=1S/C108H69N3O2S/c1-4-18-70(19-5-1)73-36-38-74(39-37-73)77-44-57-87(58-45-77)110(89-25-14-24-83(66-89)91-29-16-30-95-93-27-11-13-35-103(93)112-107(91)95)88-61-48-79(49-62-88)90-28-15-31-96-99-68-81(52-65-104(99)113-106(90)96)82-50-63-94-97-32-17-34-102(108(97)114-105(94)69-82)111-100-33-12-10-26-92(100)98-67-80(51-64-101(98)111)78-46-59-86(60-47-78)109(84-53-40-75(41-54-84)71-20-6-2-7-21-71)85-55-42-76(43-56-85)72-22-8-3-9-23-72/h1-69H. The molecule has 0 fully saturated rings. The number of anilines is 6. The van der Waals surface area contributed by atoms with Crippen molar-refractivity contribution >= 4 is 131 Å². The summed E-state index contributed by atoms with van der Waals surface area (Å²) in [5, 5.41) is 9.31. The summed E-state index contributed by atoms with van der Waals surface area (Å²) in [6.45, 7) is 0. The number of fused-ring (bicyclic) bond motifs is 12. The Labute approximate surface area is 663 Å². The maximum atomic E-state index is 6.92. The molecule has 0 N–H and O–H groups in total. The van der Waals surface area contributed by atoms with E-state index in [9.17, 15) is 0 Å². The highest BCUT2D eigenvalue weighted by Crippen LogP contribution is 2.48. The van der Waals surface area contributed by atoms with Gasteiger partial charge < -0.3 is 23.2 Å². The molecule has 22 rings (SSSR count). The van der Waals surface area contributed by atoms with Gasteiger partial charge in [0.15, 0.2) is 0 Å². The van der Waals surface area contributed by atoms with E-state index in [-0.39, 0.29) is 0 Å². The van der Waals surface area contributed by atoms with E-state index >= 15 is 0 Å². The van der Waals surface area contributed by atoms with Gasteiger partial charge in [0.1, 0.15) is 22.3 Å². The minimum Gasteiger partial charge on any atom is -0.455 e. The number of hydrogen-bond acceptors (Lipinski definition) is 5. The molecule has 0 spiro atoms. The number of benzene rings is 18. The number of thiophene rings is 1. The smallest absolute Gasteiger partial charge is 0.143 e. The lowest BCUT2D eigenvalue weighted by atomic mass is 9.99. The zero-order valence-corrected chi connectivity index (χ0v) is 62.7. The van der Waals surface area contributed by atoms with Crippen LogP contribution >= 0.6 is 11.3 Å². The molecular weight excluding hydrogens is 1400 g/mol. The summed E-state index contributed by atoms with van der Waals surface area (Å²) in [5.74, 6) is 0. The van der Waals surface area contributed by atoms with Crippen molar-refractivity contribution in [1.29, 1.82) is 0 Å². The fourth-order valence-corrected chi connectivity index (χ4v) is 18.4. The van der Waals surface area contributed by atoms with Crippen molar-refractivity contribution in [3.63, 3.8) is 0 Å². The van der Waals surface area contributed by atoms with E-state index in [1.165, 1.54) is 86.6 Å². The number of furan rings is 2. The summed E-state index contributed by atoms with van der Waals surface area (Å²) in [5.41, 5.74) is 31.7. The van der Waals surface area contributed by atoms with Gasteiger partial charge in [0.2, 0.25) is 0 Å². The van der Waals surface area contributed by atoms with Crippen LogP contribution in [0.2, 0.25) is 0 Å². The molecule has 114 heavy (non-hydrogen) atoms. The van der Waals surface area contributed by atoms with E-state index in [2.05, 4.69) is 421 Å². The van der Waals surface area contributed by atoms with Crippen LogP contribution in [0.5, 0.6) is 0 Å². The second-order valence-corrected chi connectivity index (χ2v) is 30.5. The Kier molecular flexibility index (Phi) is 16.0. The Morgan fingerprint density at radius 2 is 0.570 bits per heavy atom. The minimum absolute atomic E-state index is 0.854. The number of hydrogen-bond donors (Lipinski definition) is 0. The highest BCUT2D eigenvalue weighted by atomic mass is 32.1. The lowest BCUT2D eigenvalue weighted by Crippen LogP contribution is -2.10. The van der Waals surface area contributed by atoms with Gasteiger partial charge in [-0.05, 0) is 199 Å². The average Bonchev–Trinajstić information content (AvgIpc) is 1.57. The van der Waals surface area contributed by atoms with Crippen LogP contribution in [0, 0.1) is 0 Å². The molecule has 0 aliphatic carbocycles. The lowest BCUT2D eigenvalue weighted by Gasteiger charge is -2.26. The number of para-hydroxylation sites is 4. The Morgan fingerprint density at radius 3 is 1.15 bits per heavy atom. The third-order valence-electron chi connectivity index (χ3n) is 22.9. The van der Waals surface area contributed by atoms with Crippen molar-refractivity contribution in [2.45, 2.75) is 0 Å². The molecule has 0 amide bonds. The Hall–Kier alpha value is -14.8. The molecule has 0 unspecified atom stereocenters. The fourth-order valence-electron chi connectivity index (χ4n) is 17.2. The Morgan fingerprint density at radius 1 is 0.202 bits per heavy atom. The van der Waals surface area contributed by atoms with Crippen LogP contribution < -0.4 is 9.80 Å². The summed E-state index contributed by atoms with van der Waals surface area (Å²) in [4.78, 5) is 4.70. The van der Waals surface area contributed by atoms with Gasteiger partial charge >= 0.3 is 0 Å². The molecule has 0 aliphatic heterocycles. The first-order valence-electron chi connectivity index (χ1n) is 38.8. The zero-order chi connectivity index (χ0) is 75.2. The monoisotopic (exact) mass is 1470 g/mol. The van der Waals surface area contributed by atoms with Crippen molar-refractivity contribution in [3.8, 4) is 94.7 Å². The second kappa shape index (κ2) is 27.6.